The topological polar surface area (TPSA) is 26.3 Å². The quantitative estimate of drug-likeness (QED) is 0.412. The fraction of sp³-hybridized carbons (Fsp3) is 0.583. The van der Waals surface area contributed by atoms with E-state index in [-0.39, 0.29) is 0 Å². The Bertz CT molecular complexity index is 461. The van der Waals surface area contributed by atoms with Crippen LogP contribution in [0.3, 0.4) is 0 Å². The van der Waals surface area contributed by atoms with E-state index in [9.17, 15) is 4.79 Å². The van der Waals surface area contributed by atoms with Gasteiger partial charge < -0.3 is 4.74 Å². The fourth-order valence-corrected chi connectivity index (χ4v) is 8.59. The molecule has 0 bridgehead atoms. The van der Waals surface area contributed by atoms with Crippen molar-refractivity contribution >= 4 is 75.0 Å². The molecule has 0 radical (unpaired) electrons. The van der Waals surface area contributed by atoms with Crippen molar-refractivity contribution in [2.24, 2.45) is 11.8 Å². The molecule has 0 aromatic heterocycles. The number of carbonyl (C=O) groups is 1. The second-order valence-electron chi connectivity index (χ2n) is 4.67. The standard InChI is InChI=1S/C12H12I2O2S2/c1-16-12-11(14)6-3-7-5(2-8(6)18-12)10(13)9(4-15)17-7/h4-8H,2-3H2,1H3. The van der Waals surface area contributed by atoms with E-state index < -0.39 is 0 Å². The summed E-state index contributed by atoms with van der Waals surface area (Å²) in [5, 5.41) is 2.36. The molecule has 0 amide bonds. The van der Waals surface area contributed by atoms with Crippen molar-refractivity contribution in [3.05, 3.63) is 17.2 Å². The number of rotatable bonds is 2. The summed E-state index contributed by atoms with van der Waals surface area (Å²) in [5.41, 5.74) is 0. The van der Waals surface area contributed by atoms with Crippen LogP contribution in [-0.2, 0) is 9.53 Å². The number of carbonyl (C=O) groups excluding carboxylic acids is 1. The predicted molar refractivity (Wildman–Crippen MR) is 94.1 cm³/mol. The molecule has 2 aliphatic heterocycles. The third kappa shape index (κ3) is 2.18. The number of hydrogen-bond donors (Lipinski definition) is 0. The van der Waals surface area contributed by atoms with Crippen LogP contribution in [-0.4, -0.2) is 23.9 Å². The number of hydrogen-bond acceptors (Lipinski definition) is 4. The minimum Gasteiger partial charge on any atom is -0.490 e. The summed E-state index contributed by atoms with van der Waals surface area (Å²) in [4.78, 5) is 12.0. The van der Waals surface area contributed by atoms with E-state index in [0.29, 0.717) is 22.3 Å². The Hall–Kier alpha value is 1.11. The molecule has 0 saturated heterocycles. The van der Waals surface area contributed by atoms with Crippen molar-refractivity contribution in [3.63, 3.8) is 0 Å². The lowest BCUT2D eigenvalue weighted by Crippen LogP contribution is -2.32. The smallest absolute Gasteiger partial charge is 0.162 e. The van der Waals surface area contributed by atoms with Crippen molar-refractivity contribution in [2.75, 3.05) is 7.11 Å². The molecule has 4 unspecified atom stereocenters. The first-order chi connectivity index (χ1) is 8.65. The molecule has 1 saturated carbocycles. The SMILES string of the molecule is COC1=C(I)C2CC3SC(C=O)=C(I)C3CC2S1. The van der Waals surface area contributed by atoms with Gasteiger partial charge in [0, 0.05) is 29.5 Å². The first-order valence-electron chi connectivity index (χ1n) is 5.77. The Labute approximate surface area is 142 Å². The van der Waals surface area contributed by atoms with Crippen LogP contribution in [0, 0.1) is 11.8 Å². The molecule has 4 atom stereocenters. The van der Waals surface area contributed by atoms with Gasteiger partial charge in [-0.25, -0.2) is 0 Å². The Kier molecular flexibility index (Phi) is 4.28. The van der Waals surface area contributed by atoms with E-state index in [0.717, 1.165) is 16.3 Å². The zero-order valence-corrected chi connectivity index (χ0v) is 15.6. The van der Waals surface area contributed by atoms with Gasteiger partial charge in [0.25, 0.3) is 0 Å². The second kappa shape index (κ2) is 5.48. The Morgan fingerprint density at radius 2 is 1.78 bits per heavy atom. The lowest BCUT2D eigenvalue weighted by molar-refractivity contribution is -0.104. The van der Waals surface area contributed by atoms with E-state index in [1.807, 2.05) is 11.8 Å². The van der Waals surface area contributed by atoms with E-state index >= 15 is 0 Å². The fourth-order valence-electron chi connectivity index (χ4n) is 2.90. The summed E-state index contributed by atoms with van der Waals surface area (Å²) in [6.07, 6.45) is 3.40. The Balaban J connectivity index is 1.82. The van der Waals surface area contributed by atoms with Gasteiger partial charge in [0.15, 0.2) is 11.4 Å². The summed E-state index contributed by atoms with van der Waals surface area (Å²) in [7, 11) is 1.77. The zero-order valence-electron chi connectivity index (χ0n) is 9.69. The van der Waals surface area contributed by atoms with Crippen molar-refractivity contribution in [1.29, 1.82) is 0 Å². The molecule has 98 valence electrons. The van der Waals surface area contributed by atoms with Gasteiger partial charge in [-0.3, -0.25) is 4.79 Å². The van der Waals surface area contributed by atoms with E-state index in [4.69, 9.17) is 4.74 Å². The highest BCUT2D eigenvalue weighted by atomic mass is 127. The van der Waals surface area contributed by atoms with Crippen LogP contribution in [0.4, 0.5) is 0 Å². The maximum Gasteiger partial charge on any atom is 0.162 e. The summed E-state index contributed by atoms with van der Waals surface area (Å²) >= 11 is 8.49. The van der Waals surface area contributed by atoms with Crippen LogP contribution in [0.15, 0.2) is 17.2 Å². The first-order valence-corrected chi connectivity index (χ1v) is 9.69. The molecular formula is C12H12I2O2S2. The molecule has 2 heterocycles. The van der Waals surface area contributed by atoms with Crippen LogP contribution in [0.25, 0.3) is 0 Å². The van der Waals surface area contributed by atoms with Gasteiger partial charge in [-0.05, 0) is 58.0 Å². The van der Waals surface area contributed by atoms with Gasteiger partial charge in [0.05, 0.1) is 12.0 Å². The summed E-state index contributed by atoms with van der Waals surface area (Å²) < 4.78 is 8.14. The summed E-state index contributed by atoms with van der Waals surface area (Å²) in [5.74, 6) is 1.22. The minimum atomic E-state index is 0.588. The monoisotopic (exact) mass is 506 g/mol. The molecule has 3 aliphatic rings. The lowest BCUT2D eigenvalue weighted by Gasteiger charge is -2.34. The van der Waals surface area contributed by atoms with Crippen LogP contribution in [0.2, 0.25) is 0 Å². The van der Waals surface area contributed by atoms with Crippen molar-refractivity contribution in [1.82, 2.24) is 0 Å². The van der Waals surface area contributed by atoms with Crippen LogP contribution >= 0.6 is 68.7 Å². The van der Waals surface area contributed by atoms with Crippen LogP contribution in [0.5, 0.6) is 0 Å². The number of aldehydes is 1. The highest BCUT2D eigenvalue weighted by Crippen LogP contribution is 2.59. The molecule has 18 heavy (non-hydrogen) atoms. The highest BCUT2D eigenvalue weighted by molar-refractivity contribution is 14.1. The molecular weight excluding hydrogens is 494 g/mol. The van der Waals surface area contributed by atoms with E-state index in [2.05, 4.69) is 45.2 Å². The molecule has 0 N–H and O–H groups in total. The molecule has 6 heteroatoms. The predicted octanol–water partition coefficient (Wildman–Crippen LogP) is 4.34. The maximum atomic E-state index is 11.1. The first kappa shape index (κ1) is 14.1. The Morgan fingerprint density at radius 1 is 1.17 bits per heavy atom. The Morgan fingerprint density at radius 3 is 2.39 bits per heavy atom. The number of halogens is 2. The third-order valence-corrected chi connectivity index (χ3v) is 10.0. The van der Waals surface area contributed by atoms with Crippen LogP contribution < -0.4 is 0 Å². The van der Waals surface area contributed by atoms with Crippen molar-refractivity contribution < 1.29 is 9.53 Å². The molecule has 0 aromatic rings. The molecule has 0 aromatic carbocycles. The molecule has 2 nitrogen and oxygen atoms in total. The van der Waals surface area contributed by atoms with E-state index in [1.54, 1.807) is 18.9 Å². The number of methoxy groups -OCH3 is 1. The van der Waals surface area contributed by atoms with Gasteiger partial charge in [-0.2, -0.15) is 0 Å². The largest absolute Gasteiger partial charge is 0.490 e. The lowest BCUT2D eigenvalue weighted by atomic mass is 9.81. The molecule has 1 fully saturated rings. The number of thioether (sulfide) groups is 2. The highest BCUT2D eigenvalue weighted by Gasteiger charge is 2.48. The second-order valence-corrected chi connectivity index (χ2v) is 9.48. The van der Waals surface area contributed by atoms with Gasteiger partial charge in [0.1, 0.15) is 0 Å². The zero-order chi connectivity index (χ0) is 12.9. The molecule has 0 spiro atoms. The molecule has 1 aliphatic carbocycles. The van der Waals surface area contributed by atoms with E-state index in [1.165, 1.54) is 20.0 Å². The minimum absolute atomic E-state index is 0.588. The van der Waals surface area contributed by atoms with Gasteiger partial charge in [-0.15, -0.1) is 11.8 Å². The normalized spacial score (nSPS) is 38.8. The number of fused-ring (bicyclic) bond motifs is 2. The van der Waals surface area contributed by atoms with Gasteiger partial charge >= 0.3 is 0 Å². The number of ether oxygens (including phenoxy) is 1. The maximum absolute atomic E-state index is 11.1. The van der Waals surface area contributed by atoms with Crippen molar-refractivity contribution in [3.8, 4) is 0 Å². The third-order valence-electron chi connectivity index (χ3n) is 3.78. The van der Waals surface area contributed by atoms with Gasteiger partial charge in [0.2, 0.25) is 0 Å². The average Bonchev–Trinajstić information content (AvgIpc) is 2.86. The molecule has 3 rings (SSSR count). The van der Waals surface area contributed by atoms with Crippen LogP contribution in [0.1, 0.15) is 12.8 Å². The summed E-state index contributed by atoms with van der Waals surface area (Å²) in [6, 6.07) is 0. The summed E-state index contributed by atoms with van der Waals surface area (Å²) in [6.45, 7) is 0. The average molecular weight is 506 g/mol. The van der Waals surface area contributed by atoms with Crippen molar-refractivity contribution in [2.45, 2.75) is 23.3 Å². The van der Waals surface area contributed by atoms with Gasteiger partial charge in [-0.1, -0.05) is 11.8 Å². The number of allylic oxidation sites excluding steroid dienone is 3.